The van der Waals surface area contributed by atoms with Gasteiger partial charge in [0, 0.05) is 17.8 Å². The van der Waals surface area contributed by atoms with Gasteiger partial charge >= 0.3 is 0 Å². The van der Waals surface area contributed by atoms with Crippen molar-refractivity contribution in [1.29, 1.82) is 5.41 Å². The standard InChI is InChI=1S/C9H14N4O.C2H6/c10-9(11)7-1-3-8(4-2-7)13-5-6-14-12;1-2/h1-4,13H,5-6,12H2,(H3,10,11);1-2H3. The van der Waals surface area contributed by atoms with Gasteiger partial charge in [-0.1, -0.05) is 13.8 Å². The zero-order valence-corrected chi connectivity index (χ0v) is 9.79. The molecule has 16 heavy (non-hydrogen) atoms. The minimum absolute atomic E-state index is 0.0711. The van der Waals surface area contributed by atoms with Gasteiger partial charge in [-0.25, -0.2) is 5.90 Å². The van der Waals surface area contributed by atoms with Crippen LogP contribution in [0, 0.1) is 5.41 Å². The molecular formula is C11H20N4O. The number of nitrogen functional groups attached to an aromatic ring is 1. The van der Waals surface area contributed by atoms with Gasteiger partial charge in [-0.3, -0.25) is 5.41 Å². The van der Waals surface area contributed by atoms with Crippen molar-refractivity contribution in [3.8, 4) is 0 Å². The van der Waals surface area contributed by atoms with Crippen LogP contribution in [0.3, 0.4) is 0 Å². The van der Waals surface area contributed by atoms with E-state index in [1.165, 1.54) is 0 Å². The van der Waals surface area contributed by atoms with E-state index >= 15 is 0 Å². The summed E-state index contributed by atoms with van der Waals surface area (Å²) in [4.78, 5) is 4.41. The summed E-state index contributed by atoms with van der Waals surface area (Å²) in [6, 6.07) is 7.28. The van der Waals surface area contributed by atoms with E-state index in [0.717, 1.165) is 5.69 Å². The molecule has 1 rings (SSSR count). The van der Waals surface area contributed by atoms with Gasteiger partial charge in [-0.15, -0.1) is 0 Å². The van der Waals surface area contributed by atoms with Gasteiger partial charge in [0.05, 0.1) is 6.61 Å². The number of rotatable bonds is 5. The predicted octanol–water partition coefficient (Wildman–Crippen LogP) is 1.30. The van der Waals surface area contributed by atoms with Crippen LogP contribution in [-0.2, 0) is 4.84 Å². The van der Waals surface area contributed by atoms with Gasteiger partial charge in [0.2, 0.25) is 0 Å². The smallest absolute Gasteiger partial charge is 0.122 e. The maximum absolute atomic E-state index is 7.19. The average Bonchev–Trinajstić information content (AvgIpc) is 2.33. The molecule has 0 aromatic heterocycles. The van der Waals surface area contributed by atoms with Crippen LogP contribution >= 0.6 is 0 Å². The number of nitrogens with two attached hydrogens (primary N) is 2. The Hall–Kier alpha value is -1.59. The summed E-state index contributed by atoms with van der Waals surface area (Å²) in [5.74, 6) is 4.94. The first-order valence-electron chi connectivity index (χ1n) is 5.24. The number of amidine groups is 1. The lowest BCUT2D eigenvalue weighted by Gasteiger charge is -2.05. The SMILES string of the molecule is CC.N=C(N)c1ccc(NCCON)cc1. The minimum Gasteiger partial charge on any atom is -0.384 e. The fourth-order valence-corrected chi connectivity index (χ4v) is 1.02. The first-order valence-corrected chi connectivity index (χ1v) is 5.24. The molecule has 0 aliphatic carbocycles. The van der Waals surface area contributed by atoms with Crippen LogP contribution in [0.5, 0.6) is 0 Å². The third kappa shape index (κ3) is 5.33. The third-order valence-corrected chi connectivity index (χ3v) is 1.74. The van der Waals surface area contributed by atoms with E-state index in [9.17, 15) is 0 Å². The van der Waals surface area contributed by atoms with Crippen molar-refractivity contribution >= 4 is 11.5 Å². The first kappa shape index (κ1) is 14.4. The lowest BCUT2D eigenvalue weighted by Crippen LogP contribution is -2.13. The molecule has 0 aliphatic heterocycles. The summed E-state index contributed by atoms with van der Waals surface area (Å²) in [6.07, 6.45) is 0. The molecule has 1 aromatic carbocycles. The summed E-state index contributed by atoms with van der Waals surface area (Å²) in [5.41, 5.74) is 6.98. The fourth-order valence-electron chi connectivity index (χ4n) is 1.02. The summed E-state index contributed by atoms with van der Waals surface area (Å²) < 4.78 is 0. The van der Waals surface area contributed by atoms with Crippen LogP contribution in [0.15, 0.2) is 24.3 Å². The second kappa shape index (κ2) is 8.70. The number of benzene rings is 1. The highest BCUT2D eigenvalue weighted by Gasteiger charge is 1.95. The Morgan fingerprint density at radius 2 is 1.88 bits per heavy atom. The van der Waals surface area contributed by atoms with Crippen molar-refractivity contribution in [3.63, 3.8) is 0 Å². The van der Waals surface area contributed by atoms with Gasteiger partial charge in [-0.05, 0) is 24.3 Å². The van der Waals surface area contributed by atoms with Gasteiger partial charge in [0.1, 0.15) is 5.84 Å². The molecule has 0 unspecified atom stereocenters. The molecule has 90 valence electrons. The Morgan fingerprint density at radius 3 is 2.31 bits per heavy atom. The molecule has 0 atom stereocenters. The lowest BCUT2D eigenvalue weighted by molar-refractivity contribution is 0.148. The van der Waals surface area contributed by atoms with Crippen LogP contribution in [0.25, 0.3) is 0 Å². The van der Waals surface area contributed by atoms with Crippen molar-refractivity contribution in [1.82, 2.24) is 0 Å². The van der Waals surface area contributed by atoms with E-state index in [4.69, 9.17) is 17.0 Å². The molecule has 5 heteroatoms. The molecule has 0 heterocycles. The normalized spacial score (nSPS) is 8.94. The number of anilines is 1. The fraction of sp³-hybridized carbons (Fsp3) is 0.364. The topological polar surface area (TPSA) is 97.2 Å². The molecule has 5 nitrogen and oxygen atoms in total. The second-order valence-electron chi connectivity index (χ2n) is 2.79. The highest BCUT2D eigenvalue weighted by Crippen LogP contribution is 2.08. The van der Waals surface area contributed by atoms with Gasteiger partial charge in [-0.2, -0.15) is 0 Å². The highest BCUT2D eigenvalue weighted by atomic mass is 16.6. The Bertz CT molecular complexity index is 297. The molecule has 0 saturated heterocycles. The van der Waals surface area contributed by atoms with Crippen LogP contribution in [0.2, 0.25) is 0 Å². The van der Waals surface area contributed by atoms with Crippen molar-refractivity contribution < 1.29 is 4.84 Å². The van der Waals surface area contributed by atoms with Gasteiger partial charge < -0.3 is 15.9 Å². The number of hydrogen-bond donors (Lipinski definition) is 4. The lowest BCUT2D eigenvalue weighted by atomic mass is 10.2. The summed E-state index contributed by atoms with van der Waals surface area (Å²) in [7, 11) is 0. The molecule has 0 spiro atoms. The molecule has 0 aliphatic rings. The van der Waals surface area contributed by atoms with Crippen LogP contribution in [-0.4, -0.2) is 19.0 Å². The van der Waals surface area contributed by atoms with Crippen molar-refractivity contribution in [2.45, 2.75) is 13.8 Å². The van der Waals surface area contributed by atoms with Crippen LogP contribution < -0.4 is 16.9 Å². The first-order chi connectivity index (χ1) is 7.74. The van der Waals surface area contributed by atoms with Crippen LogP contribution in [0.4, 0.5) is 5.69 Å². The highest BCUT2D eigenvalue weighted by molar-refractivity contribution is 5.95. The Morgan fingerprint density at radius 1 is 1.31 bits per heavy atom. The van der Waals surface area contributed by atoms with Crippen molar-refractivity contribution in [2.75, 3.05) is 18.5 Å². The maximum atomic E-state index is 7.19. The van der Waals surface area contributed by atoms with Crippen molar-refractivity contribution in [2.24, 2.45) is 11.6 Å². The van der Waals surface area contributed by atoms with Gasteiger partial charge in [0.25, 0.3) is 0 Å². The zero-order chi connectivity index (χ0) is 12.4. The molecule has 0 bridgehead atoms. The molecular weight excluding hydrogens is 204 g/mol. The van der Waals surface area contributed by atoms with E-state index in [1.807, 2.05) is 26.0 Å². The molecule has 0 fully saturated rings. The maximum Gasteiger partial charge on any atom is 0.122 e. The molecule has 0 amide bonds. The molecule has 0 saturated carbocycles. The quantitative estimate of drug-likeness (QED) is 0.262. The number of hydrogen-bond acceptors (Lipinski definition) is 4. The minimum atomic E-state index is 0.0711. The largest absolute Gasteiger partial charge is 0.384 e. The molecule has 0 radical (unpaired) electrons. The Labute approximate surface area is 96.2 Å². The summed E-state index contributed by atoms with van der Waals surface area (Å²) >= 11 is 0. The van der Waals surface area contributed by atoms with Crippen LogP contribution in [0.1, 0.15) is 19.4 Å². The summed E-state index contributed by atoms with van der Waals surface area (Å²) in [5, 5.41) is 10.3. The average molecular weight is 224 g/mol. The van der Waals surface area contributed by atoms with E-state index in [0.29, 0.717) is 18.7 Å². The molecule has 6 N–H and O–H groups in total. The zero-order valence-electron chi connectivity index (χ0n) is 9.79. The van der Waals surface area contributed by atoms with Crippen molar-refractivity contribution in [3.05, 3.63) is 29.8 Å². The number of nitrogens with one attached hydrogen (secondary N) is 2. The van der Waals surface area contributed by atoms with Gasteiger partial charge in [0.15, 0.2) is 0 Å². The molecule has 1 aromatic rings. The predicted molar refractivity (Wildman–Crippen MR) is 67.4 cm³/mol. The van der Waals surface area contributed by atoms with E-state index in [1.54, 1.807) is 12.1 Å². The summed E-state index contributed by atoms with van der Waals surface area (Å²) in [6.45, 7) is 5.10. The Kier molecular flexibility index (Phi) is 7.83. The monoisotopic (exact) mass is 224 g/mol. The Balaban J connectivity index is 0.00000106. The second-order valence-corrected chi connectivity index (χ2v) is 2.79. The van der Waals surface area contributed by atoms with E-state index < -0.39 is 0 Å². The third-order valence-electron chi connectivity index (χ3n) is 1.74. The van der Waals surface area contributed by atoms with E-state index in [2.05, 4.69) is 10.2 Å². The van der Waals surface area contributed by atoms with E-state index in [-0.39, 0.29) is 5.84 Å².